The quantitative estimate of drug-likeness (QED) is 0.762. The highest BCUT2D eigenvalue weighted by Gasteiger charge is 2.21. The Bertz CT molecular complexity index is 605. The lowest BCUT2D eigenvalue weighted by Crippen LogP contribution is -2.40. The third kappa shape index (κ3) is 3.48. The third-order valence-corrected chi connectivity index (χ3v) is 3.39. The second-order valence-electron chi connectivity index (χ2n) is 5.07. The molecule has 0 radical (unpaired) electrons. The van der Waals surface area contributed by atoms with Crippen molar-refractivity contribution < 1.29 is 9.59 Å². The number of hydrogen-bond donors (Lipinski definition) is 2. The van der Waals surface area contributed by atoms with E-state index < -0.39 is 11.8 Å². The number of amides is 2. The number of fused-ring (bicyclic) bond motifs is 1. The van der Waals surface area contributed by atoms with E-state index in [0.717, 1.165) is 36.9 Å². The van der Waals surface area contributed by atoms with Crippen LogP contribution in [0, 0.1) is 11.3 Å². The fourth-order valence-electron chi connectivity index (χ4n) is 2.53. The first kappa shape index (κ1) is 14.8. The maximum Gasteiger partial charge on any atom is 0.237 e. The molecule has 0 atom stereocenters. The van der Waals surface area contributed by atoms with Gasteiger partial charge in [-0.15, -0.1) is 0 Å². The van der Waals surface area contributed by atoms with Crippen LogP contribution in [0.4, 0.5) is 5.82 Å². The van der Waals surface area contributed by atoms with Crippen molar-refractivity contribution in [2.45, 2.75) is 25.7 Å². The van der Waals surface area contributed by atoms with Crippen LogP contribution in [0.15, 0.2) is 6.07 Å². The summed E-state index contributed by atoms with van der Waals surface area (Å²) >= 11 is 0. The average Bonchev–Trinajstić information content (AvgIpc) is 2.44. The van der Waals surface area contributed by atoms with Gasteiger partial charge in [0, 0.05) is 5.69 Å². The largest absolute Gasteiger partial charge is 0.368 e. The summed E-state index contributed by atoms with van der Waals surface area (Å²) in [4.78, 5) is 28.2. The first-order chi connectivity index (χ1) is 10.0. The van der Waals surface area contributed by atoms with Crippen LogP contribution < -0.4 is 16.4 Å². The van der Waals surface area contributed by atoms with Gasteiger partial charge in [0.2, 0.25) is 11.8 Å². The number of hydrogen-bond acceptors (Lipinski definition) is 5. The Morgan fingerprint density at radius 1 is 1.24 bits per heavy atom. The minimum absolute atomic E-state index is 0.205. The van der Waals surface area contributed by atoms with Gasteiger partial charge in [-0.25, -0.2) is 4.98 Å². The van der Waals surface area contributed by atoms with Gasteiger partial charge in [-0.05, 0) is 37.3 Å². The molecule has 4 N–H and O–H groups in total. The molecule has 0 aromatic carbocycles. The van der Waals surface area contributed by atoms with Gasteiger partial charge in [0.25, 0.3) is 0 Å². The molecule has 0 unspecified atom stereocenters. The van der Waals surface area contributed by atoms with Gasteiger partial charge in [-0.3, -0.25) is 9.59 Å². The molecule has 1 aliphatic rings. The zero-order chi connectivity index (χ0) is 15.4. The molecule has 1 aromatic heterocycles. The zero-order valence-electron chi connectivity index (χ0n) is 11.6. The lowest BCUT2D eigenvalue weighted by atomic mass is 9.95. The number of carbonyl (C=O) groups is 2. The van der Waals surface area contributed by atoms with Gasteiger partial charge in [-0.2, -0.15) is 5.26 Å². The van der Waals surface area contributed by atoms with Crippen LogP contribution in [0.1, 0.15) is 29.7 Å². The standard InChI is InChI=1S/C14H17N5O2/c15-6-10-5-9-3-1-2-4-11(9)18-14(10)19(7-12(16)20)8-13(17)21/h5H,1-4,7-8H2,(H2,16,20)(H2,17,21). The van der Waals surface area contributed by atoms with E-state index in [1.807, 2.05) is 0 Å². The van der Waals surface area contributed by atoms with E-state index in [4.69, 9.17) is 11.5 Å². The van der Waals surface area contributed by atoms with Crippen molar-refractivity contribution in [2.24, 2.45) is 11.5 Å². The Morgan fingerprint density at radius 2 is 1.86 bits per heavy atom. The minimum atomic E-state index is -0.611. The first-order valence-electron chi connectivity index (χ1n) is 6.75. The summed E-state index contributed by atoms with van der Waals surface area (Å²) in [5.41, 5.74) is 12.7. The molecule has 2 amide bonds. The van der Waals surface area contributed by atoms with Crippen molar-refractivity contribution in [3.05, 3.63) is 22.9 Å². The van der Waals surface area contributed by atoms with Crippen LogP contribution >= 0.6 is 0 Å². The molecular weight excluding hydrogens is 270 g/mol. The number of carbonyl (C=O) groups excluding carboxylic acids is 2. The average molecular weight is 287 g/mol. The number of pyridine rings is 1. The number of aryl methyl sites for hydroxylation is 2. The van der Waals surface area contributed by atoms with Crippen LogP contribution in [-0.2, 0) is 22.4 Å². The molecule has 2 rings (SSSR count). The molecule has 1 aromatic rings. The molecule has 7 heteroatoms. The fraction of sp³-hybridized carbons (Fsp3) is 0.429. The van der Waals surface area contributed by atoms with Crippen molar-refractivity contribution in [1.82, 2.24) is 4.98 Å². The lowest BCUT2D eigenvalue weighted by molar-refractivity contribution is -0.117. The summed E-state index contributed by atoms with van der Waals surface area (Å²) in [5, 5.41) is 9.29. The summed E-state index contributed by atoms with van der Waals surface area (Å²) in [7, 11) is 0. The lowest BCUT2D eigenvalue weighted by Gasteiger charge is -2.24. The third-order valence-electron chi connectivity index (χ3n) is 3.39. The number of nitrogens with zero attached hydrogens (tertiary/aromatic N) is 3. The van der Waals surface area contributed by atoms with Crippen molar-refractivity contribution in [1.29, 1.82) is 5.26 Å². The van der Waals surface area contributed by atoms with Gasteiger partial charge >= 0.3 is 0 Å². The number of nitrogens with two attached hydrogens (primary N) is 2. The van der Waals surface area contributed by atoms with Gasteiger partial charge in [0.15, 0.2) is 0 Å². The molecule has 0 saturated carbocycles. The summed E-state index contributed by atoms with van der Waals surface area (Å²) < 4.78 is 0. The molecular formula is C14H17N5O2. The van der Waals surface area contributed by atoms with Crippen molar-refractivity contribution in [2.75, 3.05) is 18.0 Å². The second kappa shape index (κ2) is 6.22. The maximum atomic E-state index is 11.2. The number of anilines is 1. The summed E-state index contributed by atoms with van der Waals surface area (Å²) in [6.07, 6.45) is 3.83. The first-order valence-corrected chi connectivity index (χ1v) is 6.75. The molecule has 0 spiro atoms. The van der Waals surface area contributed by atoms with Gasteiger partial charge in [0.1, 0.15) is 11.9 Å². The number of aromatic nitrogens is 1. The monoisotopic (exact) mass is 287 g/mol. The predicted molar refractivity (Wildman–Crippen MR) is 76.2 cm³/mol. The van der Waals surface area contributed by atoms with Gasteiger partial charge in [-0.1, -0.05) is 0 Å². The van der Waals surface area contributed by atoms with E-state index in [9.17, 15) is 14.9 Å². The Hall–Kier alpha value is -2.62. The summed E-state index contributed by atoms with van der Waals surface area (Å²) in [5.74, 6) is -0.921. The summed E-state index contributed by atoms with van der Waals surface area (Å²) in [6.45, 7) is -0.410. The highest BCUT2D eigenvalue weighted by Crippen LogP contribution is 2.26. The zero-order valence-corrected chi connectivity index (χ0v) is 11.6. The molecule has 110 valence electrons. The van der Waals surface area contributed by atoms with Crippen molar-refractivity contribution >= 4 is 17.6 Å². The molecule has 0 saturated heterocycles. The molecule has 0 aliphatic heterocycles. The highest BCUT2D eigenvalue weighted by atomic mass is 16.2. The molecule has 0 bridgehead atoms. The van der Waals surface area contributed by atoms with Crippen LogP contribution in [-0.4, -0.2) is 29.9 Å². The predicted octanol–water partition coefficient (Wildman–Crippen LogP) is -0.391. The smallest absolute Gasteiger partial charge is 0.237 e. The van der Waals surface area contributed by atoms with E-state index in [0.29, 0.717) is 11.4 Å². The van der Waals surface area contributed by atoms with Crippen LogP contribution in [0.25, 0.3) is 0 Å². The Kier molecular flexibility index (Phi) is 4.38. The second-order valence-corrected chi connectivity index (χ2v) is 5.07. The Morgan fingerprint density at radius 3 is 2.43 bits per heavy atom. The highest BCUT2D eigenvalue weighted by molar-refractivity contribution is 5.85. The maximum absolute atomic E-state index is 11.2. The molecule has 0 fully saturated rings. The molecule has 21 heavy (non-hydrogen) atoms. The van der Waals surface area contributed by atoms with Crippen LogP contribution in [0.5, 0.6) is 0 Å². The minimum Gasteiger partial charge on any atom is -0.368 e. The summed E-state index contributed by atoms with van der Waals surface area (Å²) in [6, 6.07) is 3.85. The Balaban J connectivity index is 2.45. The fourth-order valence-corrected chi connectivity index (χ4v) is 2.53. The van der Waals surface area contributed by atoms with E-state index in [1.54, 1.807) is 6.07 Å². The molecule has 1 aliphatic carbocycles. The number of nitriles is 1. The molecule has 7 nitrogen and oxygen atoms in total. The van der Waals surface area contributed by atoms with E-state index in [2.05, 4.69) is 11.1 Å². The van der Waals surface area contributed by atoms with E-state index >= 15 is 0 Å². The van der Waals surface area contributed by atoms with E-state index in [1.165, 1.54) is 4.90 Å². The normalized spacial score (nSPS) is 13.1. The van der Waals surface area contributed by atoms with Crippen LogP contribution in [0.3, 0.4) is 0 Å². The SMILES string of the molecule is N#Cc1cc2c(nc1N(CC(N)=O)CC(N)=O)CCCC2. The Labute approximate surface area is 122 Å². The van der Waals surface area contributed by atoms with Crippen molar-refractivity contribution in [3.8, 4) is 6.07 Å². The van der Waals surface area contributed by atoms with Gasteiger partial charge in [0.05, 0.1) is 18.7 Å². The van der Waals surface area contributed by atoms with Crippen molar-refractivity contribution in [3.63, 3.8) is 0 Å². The van der Waals surface area contributed by atoms with Crippen LogP contribution in [0.2, 0.25) is 0 Å². The van der Waals surface area contributed by atoms with Gasteiger partial charge < -0.3 is 16.4 Å². The van der Waals surface area contributed by atoms with E-state index in [-0.39, 0.29) is 13.1 Å². The number of rotatable bonds is 5. The topological polar surface area (TPSA) is 126 Å². The number of primary amides is 2. The molecule has 1 heterocycles.